The largest absolute Gasteiger partial charge is 0.471 e. The maximum absolute atomic E-state index is 12.8. The molecule has 0 radical (unpaired) electrons. The number of hydrogen-bond acceptors (Lipinski definition) is 5. The first-order valence-corrected chi connectivity index (χ1v) is 10.9. The van der Waals surface area contributed by atoms with Gasteiger partial charge in [-0.2, -0.15) is 13.2 Å². The van der Waals surface area contributed by atoms with Crippen LogP contribution in [-0.4, -0.2) is 38.0 Å². The summed E-state index contributed by atoms with van der Waals surface area (Å²) in [7, 11) is 0. The molecule has 0 aliphatic carbocycles. The van der Waals surface area contributed by atoms with Crippen molar-refractivity contribution >= 4 is 5.70 Å². The van der Waals surface area contributed by atoms with Crippen LogP contribution in [0.15, 0.2) is 61.6 Å². The van der Waals surface area contributed by atoms with Gasteiger partial charge in [-0.15, -0.1) is 0 Å². The van der Waals surface area contributed by atoms with Crippen LogP contribution in [0, 0.1) is 6.92 Å². The Morgan fingerprint density at radius 2 is 1.91 bits per heavy atom. The molecule has 5 rings (SSSR count). The molecule has 8 heteroatoms. The third kappa shape index (κ3) is 3.94. The Labute approximate surface area is 190 Å². The van der Waals surface area contributed by atoms with Crippen LogP contribution >= 0.6 is 0 Å². The molecule has 1 aromatic carbocycles. The molecule has 4 heterocycles. The van der Waals surface area contributed by atoms with Gasteiger partial charge in [-0.25, -0.2) is 9.97 Å². The molecule has 2 aliphatic rings. The smallest absolute Gasteiger partial charge is 0.434 e. The van der Waals surface area contributed by atoms with E-state index in [-0.39, 0.29) is 24.1 Å². The summed E-state index contributed by atoms with van der Waals surface area (Å²) >= 11 is 0. The van der Waals surface area contributed by atoms with Crippen LogP contribution in [0.1, 0.15) is 36.1 Å². The summed E-state index contributed by atoms with van der Waals surface area (Å²) in [5.74, 6) is 0.107. The van der Waals surface area contributed by atoms with E-state index in [1.54, 1.807) is 6.20 Å². The van der Waals surface area contributed by atoms with E-state index in [0.29, 0.717) is 6.20 Å². The van der Waals surface area contributed by atoms with Gasteiger partial charge in [-0.1, -0.05) is 30.8 Å². The summed E-state index contributed by atoms with van der Waals surface area (Å²) in [4.78, 5) is 14.1. The Hall–Kier alpha value is -3.42. The van der Waals surface area contributed by atoms with E-state index < -0.39 is 11.9 Å². The summed E-state index contributed by atoms with van der Waals surface area (Å²) in [5.41, 5.74) is 3.98. The molecule has 2 fully saturated rings. The first-order valence-electron chi connectivity index (χ1n) is 10.9. The number of nitrogens with zero attached hydrogens (tertiary/aromatic N) is 4. The highest BCUT2D eigenvalue weighted by atomic mass is 19.4. The number of pyridine rings is 1. The minimum Gasteiger partial charge on any atom is -0.471 e. The highest BCUT2D eigenvalue weighted by molar-refractivity contribution is 5.81. The van der Waals surface area contributed by atoms with Crippen molar-refractivity contribution in [1.29, 1.82) is 0 Å². The minimum atomic E-state index is -4.52. The van der Waals surface area contributed by atoms with Crippen LogP contribution in [0.2, 0.25) is 0 Å². The first kappa shape index (κ1) is 21.4. The van der Waals surface area contributed by atoms with Crippen LogP contribution in [0.4, 0.5) is 13.2 Å². The Morgan fingerprint density at radius 3 is 2.61 bits per heavy atom. The predicted molar refractivity (Wildman–Crippen MR) is 118 cm³/mol. The second kappa shape index (κ2) is 8.17. The molecule has 170 valence electrons. The molecule has 2 aromatic heterocycles. The molecule has 0 saturated carbocycles. The number of ether oxygens (including phenoxy) is 1. The van der Waals surface area contributed by atoms with Crippen LogP contribution in [0.5, 0.6) is 5.88 Å². The Morgan fingerprint density at radius 1 is 1.06 bits per heavy atom. The van der Waals surface area contributed by atoms with Crippen molar-refractivity contribution < 1.29 is 17.9 Å². The number of rotatable bonds is 5. The van der Waals surface area contributed by atoms with Gasteiger partial charge in [-0.05, 0) is 37.5 Å². The SMILES string of the molecule is C=C(c1cccc(C)c1-c1ccccn1)N1C2CCC1C(Oc1cnc(C(F)(F)F)cn1)C2. The Kier molecular flexibility index (Phi) is 5.31. The lowest BCUT2D eigenvalue weighted by atomic mass is 9.96. The van der Waals surface area contributed by atoms with Crippen molar-refractivity contribution in [2.24, 2.45) is 0 Å². The van der Waals surface area contributed by atoms with Crippen molar-refractivity contribution in [2.45, 2.75) is 50.6 Å². The topological polar surface area (TPSA) is 51.1 Å². The summed E-state index contributed by atoms with van der Waals surface area (Å²) in [6.45, 7) is 6.51. The van der Waals surface area contributed by atoms with Crippen LogP contribution < -0.4 is 4.74 Å². The monoisotopic (exact) mass is 452 g/mol. The van der Waals surface area contributed by atoms with Gasteiger partial charge in [0.05, 0.1) is 24.1 Å². The predicted octanol–water partition coefficient (Wildman–Crippen LogP) is 5.52. The van der Waals surface area contributed by atoms with E-state index >= 15 is 0 Å². The van der Waals surface area contributed by atoms with Crippen molar-refractivity contribution in [2.75, 3.05) is 0 Å². The molecule has 2 aliphatic heterocycles. The molecule has 0 spiro atoms. The van der Waals surface area contributed by atoms with E-state index in [9.17, 15) is 13.2 Å². The van der Waals surface area contributed by atoms with Crippen LogP contribution in [0.25, 0.3) is 17.0 Å². The Bertz CT molecular complexity index is 1160. The van der Waals surface area contributed by atoms with Gasteiger partial charge < -0.3 is 9.64 Å². The number of aromatic nitrogens is 3. The quantitative estimate of drug-likeness (QED) is 0.510. The summed E-state index contributed by atoms with van der Waals surface area (Å²) in [6, 6.07) is 12.3. The number of hydrogen-bond donors (Lipinski definition) is 0. The van der Waals surface area contributed by atoms with E-state index in [4.69, 9.17) is 4.74 Å². The zero-order valence-corrected chi connectivity index (χ0v) is 18.1. The number of aryl methyl sites for hydroxylation is 1. The highest BCUT2D eigenvalue weighted by Gasteiger charge is 2.48. The van der Waals surface area contributed by atoms with E-state index in [0.717, 1.165) is 53.5 Å². The van der Waals surface area contributed by atoms with Gasteiger partial charge in [0.25, 0.3) is 0 Å². The van der Waals surface area contributed by atoms with E-state index in [2.05, 4.69) is 45.5 Å². The number of halogens is 3. The van der Waals surface area contributed by atoms with E-state index in [1.165, 1.54) is 0 Å². The molecule has 2 saturated heterocycles. The number of alkyl halides is 3. The van der Waals surface area contributed by atoms with E-state index in [1.807, 2.05) is 24.3 Å². The van der Waals surface area contributed by atoms with Crippen molar-refractivity contribution in [3.05, 3.63) is 78.4 Å². The summed E-state index contributed by atoms with van der Waals surface area (Å²) in [6.07, 6.45) is 1.54. The zero-order chi connectivity index (χ0) is 23.2. The lowest BCUT2D eigenvalue weighted by Gasteiger charge is -2.29. The molecule has 3 unspecified atom stereocenters. The second-order valence-corrected chi connectivity index (χ2v) is 8.49. The maximum Gasteiger partial charge on any atom is 0.434 e. The van der Waals surface area contributed by atoms with Gasteiger partial charge in [-0.3, -0.25) is 4.98 Å². The molecular weight excluding hydrogens is 429 g/mol. The molecule has 0 amide bonds. The van der Waals surface area contributed by atoms with Crippen molar-refractivity contribution in [1.82, 2.24) is 19.9 Å². The first-order chi connectivity index (χ1) is 15.8. The minimum absolute atomic E-state index is 0.0729. The number of benzene rings is 1. The van der Waals surface area contributed by atoms with Crippen LogP contribution in [0.3, 0.4) is 0 Å². The van der Waals surface area contributed by atoms with Gasteiger partial charge in [0.1, 0.15) is 6.10 Å². The molecule has 3 atom stereocenters. The standard InChI is InChI=1S/C25H23F3N4O/c1-15-6-5-7-18(24(15)19-8-3-4-11-29-19)16(2)32-17-9-10-20(32)21(12-17)33-23-14-30-22(13-31-23)25(26,27)28/h3-8,11,13-14,17,20-21H,2,9-10,12H2,1H3. The van der Waals surface area contributed by atoms with Gasteiger partial charge in [0, 0.05) is 35.5 Å². The third-order valence-corrected chi connectivity index (χ3v) is 6.49. The zero-order valence-electron chi connectivity index (χ0n) is 18.1. The molecule has 2 bridgehead atoms. The average molecular weight is 452 g/mol. The second-order valence-electron chi connectivity index (χ2n) is 8.49. The average Bonchev–Trinajstić information content (AvgIpc) is 3.36. The normalized spacial score (nSPS) is 21.9. The van der Waals surface area contributed by atoms with Crippen molar-refractivity contribution in [3.8, 4) is 17.1 Å². The maximum atomic E-state index is 12.8. The highest BCUT2D eigenvalue weighted by Crippen LogP contribution is 2.45. The van der Waals surface area contributed by atoms with Gasteiger partial charge in [0.2, 0.25) is 5.88 Å². The molecule has 33 heavy (non-hydrogen) atoms. The summed E-state index contributed by atoms with van der Waals surface area (Å²) < 4.78 is 44.3. The summed E-state index contributed by atoms with van der Waals surface area (Å²) in [5, 5.41) is 0. The lowest BCUT2D eigenvalue weighted by molar-refractivity contribution is -0.141. The fraction of sp³-hybridized carbons (Fsp3) is 0.320. The third-order valence-electron chi connectivity index (χ3n) is 6.49. The number of fused-ring (bicyclic) bond motifs is 2. The Balaban J connectivity index is 1.39. The molecular formula is C25H23F3N4O. The fourth-order valence-corrected chi connectivity index (χ4v) is 5.06. The van der Waals surface area contributed by atoms with Gasteiger partial charge >= 0.3 is 6.18 Å². The van der Waals surface area contributed by atoms with Crippen LogP contribution in [-0.2, 0) is 6.18 Å². The van der Waals surface area contributed by atoms with Crippen molar-refractivity contribution in [3.63, 3.8) is 0 Å². The molecule has 3 aromatic rings. The molecule has 5 nitrogen and oxygen atoms in total. The fourth-order valence-electron chi connectivity index (χ4n) is 5.06. The van der Waals surface area contributed by atoms with Gasteiger partial charge in [0.15, 0.2) is 5.69 Å². The lowest BCUT2D eigenvalue weighted by Crippen LogP contribution is -2.34. The molecule has 0 N–H and O–H groups in total.